The highest BCUT2D eigenvalue weighted by Gasteiger charge is 2.17. The fraction of sp³-hybridized carbons (Fsp3) is 0.0952. The van der Waals surface area contributed by atoms with Crippen LogP contribution in [-0.4, -0.2) is 20.3 Å². The van der Waals surface area contributed by atoms with E-state index >= 15 is 0 Å². The SMILES string of the molecule is O=C(Cc1c(-c2ccc(Cl)cc2)nc2ccccn12)NCc1ccccn1. The summed E-state index contributed by atoms with van der Waals surface area (Å²) >= 11 is 6.01. The Kier molecular flexibility index (Phi) is 4.85. The monoisotopic (exact) mass is 376 g/mol. The number of benzene rings is 1. The van der Waals surface area contributed by atoms with Crippen LogP contribution < -0.4 is 5.32 Å². The molecule has 3 heterocycles. The van der Waals surface area contributed by atoms with E-state index < -0.39 is 0 Å². The lowest BCUT2D eigenvalue weighted by atomic mass is 10.1. The molecule has 134 valence electrons. The molecule has 0 unspecified atom stereocenters. The van der Waals surface area contributed by atoms with Gasteiger partial charge in [0.05, 0.1) is 30.0 Å². The molecule has 0 aliphatic rings. The summed E-state index contributed by atoms with van der Waals surface area (Å²) in [5, 5.41) is 3.59. The Labute approximate surface area is 161 Å². The first-order chi connectivity index (χ1) is 13.2. The summed E-state index contributed by atoms with van der Waals surface area (Å²) in [6.45, 7) is 0.396. The van der Waals surface area contributed by atoms with E-state index in [2.05, 4.69) is 10.3 Å². The van der Waals surface area contributed by atoms with Gasteiger partial charge in [-0.1, -0.05) is 35.9 Å². The molecular weight excluding hydrogens is 360 g/mol. The van der Waals surface area contributed by atoms with Crippen LogP contribution in [0.4, 0.5) is 0 Å². The molecule has 0 atom stereocenters. The molecule has 0 bridgehead atoms. The Hall–Kier alpha value is -3.18. The molecule has 0 spiro atoms. The number of rotatable bonds is 5. The predicted octanol–water partition coefficient (Wildman–Crippen LogP) is 3.91. The van der Waals surface area contributed by atoms with Gasteiger partial charge < -0.3 is 9.72 Å². The average Bonchev–Trinajstić information content (AvgIpc) is 3.06. The summed E-state index contributed by atoms with van der Waals surface area (Å²) in [4.78, 5) is 21.5. The molecule has 3 aromatic heterocycles. The van der Waals surface area contributed by atoms with Crippen LogP contribution in [0.5, 0.6) is 0 Å². The predicted molar refractivity (Wildman–Crippen MR) is 105 cm³/mol. The van der Waals surface area contributed by atoms with Crippen molar-refractivity contribution in [3.8, 4) is 11.3 Å². The molecule has 27 heavy (non-hydrogen) atoms. The molecule has 0 saturated heterocycles. The number of nitrogens with zero attached hydrogens (tertiary/aromatic N) is 3. The molecule has 1 N–H and O–H groups in total. The number of nitrogens with one attached hydrogen (secondary N) is 1. The second-order valence-corrected chi connectivity index (χ2v) is 6.55. The highest BCUT2D eigenvalue weighted by atomic mass is 35.5. The maximum Gasteiger partial charge on any atom is 0.226 e. The average molecular weight is 377 g/mol. The Morgan fingerprint density at radius 1 is 1.04 bits per heavy atom. The number of halogens is 1. The molecule has 4 aromatic rings. The van der Waals surface area contributed by atoms with E-state index in [-0.39, 0.29) is 12.3 Å². The van der Waals surface area contributed by atoms with Crippen LogP contribution in [0.15, 0.2) is 73.1 Å². The minimum atomic E-state index is -0.0819. The van der Waals surface area contributed by atoms with E-state index in [1.54, 1.807) is 6.20 Å². The molecule has 1 aromatic carbocycles. The van der Waals surface area contributed by atoms with Crippen LogP contribution in [-0.2, 0) is 17.8 Å². The summed E-state index contributed by atoms with van der Waals surface area (Å²) in [6.07, 6.45) is 3.85. The molecule has 0 aliphatic heterocycles. The third kappa shape index (κ3) is 3.83. The lowest BCUT2D eigenvalue weighted by Gasteiger charge is -2.07. The normalized spacial score (nSPS) is 10.9. The first kappa shape index (κ1) is 17.2. The lowest BCUT2D eigenvalue weighted by molar-refractivity contribution is -0.120. The quantitative estimate of drug-likeness (QED) is 0.574. The minimum absolute atomic E-state index is 0.0819. The summed E-state index contributed by atoms with van der Waals surface area (Å²) in [7, 11) is 0. The zero-order valence-corrected chi connectivity index (χ0v) is 15.2. The van der Waals surface area contributed by atoms with Crippen LogP contribution >= 0.6 is 11.6 Å². The summed E-state index contributed by atoms with van der Waals surface area (Å²) < 4.78 is 1.95. The molecule has 6 heteroatoms. The lowest BCUT2D eigenvalue weighted by Crippen LogP contribution is -2.25. The molecule has 0 saturated carbocycles. The third-order valence-corrected chi connectivity index (χ3v) is 4.52. The number of carbonyl (C=O) groups is 1. The van der Waals surface area contributed by atoms with E-state index in [9.17, 15) is 4.79 Å². The Bertz CT molecular complexity index is 1070. The molecule has 5 nitrogen and oxygen atoms in total. The van der Waals surface area contributed by atoms with Gasteiger partial charge in [-0.25, -0.2) is 4.98 Å². The molecule has 4 rings (SSSR count). The topological polar surface area (TPSA) is 59.3 Å². The van der Waals surface area contributed by atoms with Crippen LogP contribution in [0.2, 0.25) is 5.02 Å². The Morgan fingerprint density at radius 2 is 1.85 bits per heavy atom. The van der Waals surface area contributed by atoms with Crippen LogP contribution in [0.3, 0.4) is 0 Å². The van der Waals surface area contributed by atoms with E-state index in [0.717, 1.165) is 28.3 Å². The fourth-order valence-electron chi connectivity index (χ4n) is 2.96. The highest BCUT2D eigenvalue weighted by molar-refractivity contribution is 6.30. The van der Waals surface area contributed by atoms with Crippen molar-refractivity contribution in [1.29, 1.82) is 0 Å². The van der Waals surface area contributed by atoms with Crippen molar-refractivity contribution in [2.45, 2.75) is 13.0 Å². The Morgan fingerprint density at radius 3 is 2.63 bits per heavy atom. The van der Waals surface area contributed by atoms with Crippen LogP contribution in [0, 0.1) is 0 Å². The molecule has 0 aliphatic carbocycles. The zero-order chi connectivity index (χ0) is 18.6. The van der Waals surface area contributed by atoms with Crippen molar-refractivity contribution < 1.29 is 4.79 Å². The van der Waals surface area contributed by atoms with Gasteiger partial charge in [0.25, 0.3) is 0 Å². The number of imidazole rings is 1. The fourth-order valence-corrected chi connectivity index (χ4v) is 3.09. The van der Waals surface area contributed by atoms with Gasteiger partial charge in [0.2, 0.25) is 5.91 Å². The highest BCUT2D eigenvalue weighted by Crippen LogP contribution is 2.26. The van der Waals surface area contributed by atoms with Crippen molar-refractivity contribution in [2.75, 3.05) is 0 Å². The maximum atomic E-state index is 12.6. The first-order valence-corrected chi connectivity index (χ1v) is 8.97. The van der Waals surface area contributed by atoms with Gasteiger partial charge >= 0.3 is 0 Å². The third-order valence-electron chi connectivity index (χ3n) is 4.27. The number of aromatic nitrogens is 3. The smallest absolute Gasteiger partial charge is 0.226 e. The van der Waals surface area contributed by atoms with Gasteiger partial charge in [0, 0.05) is 23.0 Å². The van der Waals surface area contributed by atoms with Crippen molar-refractivity contribution in [2.24, 2.45) is 0 Å². The van der Waals surface area contributed by atoms with Crippen LogP contribution in [0.25, 0.3) is 16.9 Å². The summed E-state index contributed by atoms with van der Waals surface area (Å²) in [6, 6.07) is 18.9. The molecule has 0 radical (unpaired) electrons. The van der Waals surface area contributed by atoms with Crippen molar-refractivity contribution in [1.82, 2.24) is 19.7 Å². The van der Waals surface area contributed by atoms with E-state index in [4.69, 9.17) is 16.6 Å². The van der Waals surface area contributed by atoms with Crippen molar-refractivity contribution in [3.05, 3.63) is 89.5 Å². The minimum Gasteiger partial charge on any atom is -0.350 e. The van der Waals surface area contributed by atoms with Gasteiger partial charge in [-0.05, 0) is 36.4 Å². The molecule has 1 amide bonds. The number of hydrogen-bond donors (Lipinski definition) is 1. The second-order valence-electron chi connectivity index (χ2n) is 6.12. The number of hydrogen-bond acceptors (Lipinski definition) is 3. The number of fused-ring (bicyclic) bond motifs is 1. The number of amides is 1. The van der Waals surface area contributed by atoms with Crippen LogP contribution in [0.1, 0.15) is 11.4 Å². The zero-order valence-electron chi connectivity index (χ0n) is 14.5. The van der Waals surface area contributed by atoms with E-state index in [0.29, 0.717) is 11.6 Å². The maximum absolute atomic E-state index is 12.6. The largest absolute Gasteiger partial charge is 0.350 e. The van der Waals surface area contributed by atoms with E-state index in [1.165, 1.54) is 0 Å². The van der Waals surface area contributed by atoms with Gasteiger partial charge in [-0.15, -0.1) is 0 Å². The summed E-state index contributed by atoms with van der Waals surface area (Å²) in [5.41, 5.74) is 4.17. The standard InChI is InChI=1S/C21H17ClN4O/c22-16-9-7-15(8-10-16)21-18(26-12-4-2-6-19(26)25-21)13-20(27)24-14-17-5-1-3-11-23-17/h1-12H,13-14H2,(H,24,27). The van der Waals surface area contributed by atoms with Crippen molar-refractivity contribution >= 4 is 23.2 Å². The van der Waals surface area contributed by atoms with Gasteiger partial charge in [0.1, 0.15) is 5.65 Å². The summed E-state index contributed by atoms with van der Waals surface area (Å²) in [5.74, 6) is -0.0819. The second kappa shape index (κ2) is 7.60. The first-order valence-electron chi connectivity index (χ1n) is 8.59. The number of carbonyl (C=O) groups excluding carboxylic acids is 1. The van der Waals surface area contributed by atoms with Gasteiger partial charge in [-0.3, -0.25) is 9.78 Å². The van der Waals surface area contributed by atoms with Gasteiger partial charge in [-0.2, -0.15) is 0 Å². The Balaban J connectivity index is 1.62. The molecular formula is C21H17ClN4O. The number of pyridine rings is 2. The van der Waals surface area contributed by atoms with E-state index in [1.807, 2.05) is 71.3 Å². The van der Waals surface area contributed by atoms with Crippen molar-refractivity contribution in [3.63, 3.8) is 0 Å². The molecule has 0 fully saturated rings. The van der Waals surface area contributed by atoms with Gasteiger partial charge in [0.15, 0.2) is 0 Å².